The van der Waals surface area contributed by atoms with Crippen LogP contribution < -0.4 is 10.3 Å². The predicted octanol–water partition coefficient (Wildman–Crippen LogP) is 5.54. The summed E-state index contributed by atoms with van der Waals surface area (Å²) in [5.74, 6) is 1.90. The summed E-state index contributed by atoms with van der Waals surface area (Å²) in [6.45, 7) is 6.48. The predicted molar refractivity (Wildman–Crippen MR) is 129 cm³/mol. The van der Waals surface area contributed by atoms with E-state index in [0.717, 1.165) is 35.2 Å². The molecule has 0 bridgehead atoms. The van der Waals surface area contributed by atoms with E-state index in [-0.39, 0.29) is 18.2 Å². The van der Waals surface area contributed by atoms with Gasteiger partial charge in [0.15, 0.2) is 15.9 Å². The van der Waals surface area contributed by atoms with Gasteiger partial charge in [0.05, 0.1) is 10.7 Å². The zero-order chi connectivity index (χ0) is 22.7. The van der Waals surface area contributed by atoms with Gasteiger partial charge in [-0.3, -0.25) is 9.20 Å². The third-order valence-corrected chi connectivity index (χ3v) is 7.45. The quantitative estimate of drug-likeness (QED) is 0.287. The molecular weight excluding hydrogens is 466 g/mol. The Morgan fingerprint density at radius 2 is 2.00 bits per heavy atom. The average Bonchev–Trinajstić information content (AvgIpc) is 3.36. The molecule has 0 aliphatic rings. The molecular formula is C22H24ClN5O2S2. The maximum atomic E-state index is 12.5. The number of fused-ring (bicyclic) bond motifs is 1. The van der Waals surface area contributed by atoms with Gasteiger partial charge in [0, 0.05) is 28.9 Å². The fraction of sp³-hybridized carbons (Fsp3) is 0.364. The van der Waals surface area contributed by atoms with Crippen molar-refractivity contribution < 1.29 is 4.74 Å². The first-order valence-electron chi connectivity index (χ1n) is 10.4. The minimum Gasteiger partial charge on any atom is -0.484 e. The van der Waals surface area contributed by atoms with Gasteiger partial charge in [-0.2, -0.15) is 0 Å². The second-order valence-electron chi connectivity index (χ2n) is 7.33. The maximum absolute atomic E-state index is 12.5. The van der Waals surface area contributed by atoms with Gasteiger partial charge in [-0.25, -0.2) is 4.98 Å². The fourth-order valence-electron chi connectivity index (χ4n) is 3.54. The van der Waals surface area contributed by atoms with Gasteiger partial charge in [0.2, 0.25) is 0 Å². The van der Waals surface area contributed by atoms with Gasteiger partial charge < -0.3 is 9.30 Å². The van der Waals surface area contributed by atoms with Crippen molar-refractivity contribution in [3.05, 3.63) is 68.3 Å². The van der Waals surface area contributed by atoms with Crippen LogP contribution in [-0.2, 0) is 12.4 Å². The largest absolute Gasteiger partial charge is 0.484 e. The lowest BCUT2D eigenvalue weighted by atomic mass is 10.2. The monoisotopic (exact) mass is 489 g/mol. The third kappa shape index (κ3) is 4.69. The summed E-state index contributed by atoms with van der Waals surface area (Å²) in [6.07, 6.45) is 1.89. The summed E-state index contributed by atoms with van der Waals surface area (Å²) in [4.78, 5) is 17.8. The molecule has 4 aromatic rings. The second kappa shape index (κ2) is 10.1. The number of nitrogens with zero attached hydrogens (tertiary/aromatic N) is 5. The van der Waals surface area contributed by atoms with E-state index in [2.05, 4.69) is 33.6 Å². The van der Waals surface area contributed by atoms with Crippen LogP contribution in [0.2, 0.25) is 5.02 Å². The van der Waals surface area contributed by atoms with E-state index in [1.165, 1.54) is 23.1 Å². The molecule has 0 fully saturated rings. The van der Waals surface area contributed by atoms with Crippen molar-refractivity contribution in [2.75, 3.05) is 0 Å². The number of benzene rings is 1. The summed E-state index contributed by atoms with van der Waals surface area (Å²) >= 11 is 9.22. The second-order valence-corrected chi connectivity index (χ2v) is 9.51. The number of rotatable bonds is 9. The first-order chi connectivity index (χ1) is 15.5. The van der Waals surface area contributed by atoms with E-state index in [4.69, 9.17) is 16.3 Å². The van der Waals surface area contributed by atoms with E-state index in [1.807, 2.05) is 30.5 Å². The molecule has 0 saturated heterocycles. The molecule has 0 aliphatic carbocycles. The fourth-order valence-corrected chi connectivity index (χ4v) is 5.54. The lowest BCUT2D eigenvalue weighted by molar-refractivity contribution is 0.278. The molecule has 0 aliphatic heterocycles. The summed E-state index contributed by atoms with van der Waals surface area (Å²) < 4.78 is 9.70. The Morgan fingerprint density at radius 1 is 1.22 bits per heavy atom. The lowest BCUT2D eigenvalue weighted by Crippen LogP contribution is -2.15. The molecule has 0 atom stereocenters. The van der Waals surface area contributed by atoms with E-state index in [0.29, 0.717) is 21.5 Å². The van der Waals surface area contributed by atoms with Crippen LogP contribution in [0, 0.1) is 6.92 Å². The molecule has 0 saturated carbocycles. The molecule has 0 N–H and O–H groups in total. The molecule has 4 rings (SSSR count). The van der Waals surface area contributed by atoms with Crippen LogP contribution in [-0.4, -0.2) is 24.1 Å². The molecule has 3 aromatic heterocycles. The highest BCUT2D eigenvalue weighted by Crippen LogP contribution is 2.29. The number of thioether (sulfide) groups is 1. The third-order valence-electron chi connectivity index (χ3n) is 5.21. The topological polar surface area (TPSA) is 74.3 Å². The highest BCUT2D eigenvalue weighted by Gasteiger charge is 2.20. The minimum atomic E-state index is -0.0559. The Bertz CT molecular complexity index is 1280. The minimum absolute atomic E-state index is 0.0559. The number of halogens is 1. The van der Waals surface area contributed by atoms with Crippen molar-refractivity contribution >= 4 is 39.7 Å². The number of hydrogen-bond acceptors (Lipinski definition) is 7. The number of aromatic nitrogens is 5. The number of para-hydroxylation sites is 1. The Balaban J connectivity index is 1.57. The maximum Gasteiger partial charge on any atom is 0.258 e. The van der Waals surface area contributed by atoms with Gasteiger partial charge in [-0.15, -0.1) is 21.5 Å². The van der Waals surface area contributed by atoms with Crippen molar-refractivity contribution in [3.63, 3.8) is 0 Å². The van der Waals surface area contributed by atoms with Crippen LogP contribution >= 0.6 is 34.7 Å². The molecule has 0 amide bonds. The van der Waals surface area contributed by atoms with Crippen LogP contribution in [0.25, 0.3) is 4.96 Å². The zero-order valence-corrected chi connectivity index (χ0v) is 20.5. The molecule has 0 radical (unpaired) electrons. The molecule has 32 heavy (non-hydrogen) atoms. The number of aryl methyl sites for hydroxylation is 1. The smallest absolute Gasteiger partial charge is 0.258 e. The number of ether oxygens (including phenoxy) is 1. The molecule has 7 nitrogen and oxygen atoms in total. The van der Waals surface area contributed by atoms with E-state index < -0.39 is 0 Å². The lowest BCUT2D eigenvalue weighted by Gasteiger charge is -2.19. The average molecular weight is 490 g/mol. The van der Waals surface area contributed by atoms with Gasteiger partial charge in [-0.1, -0.05) is 49.3 Å². The van der Waals surface area contributed by atoms with Crippen molar-refractivity contribution in [1.82, 2.24) is 24.1 Å². The summed E-state index contributed by atoms with van der Waals surface area (Å²) in [5, 5.41) is 12.1. The van der Waals surface area contributed by atoms with Crippen LogP contribution in [0.1, 0.15) is 49.9 Å². The number of thiazole rings is 1. The van der Waals surface area contributed by atoms with E-state index in [1.54, 1.807) is 16.5 Å². The van der Waals surface area contributed by atoms with E-state index in [9.17, 15) is 4.79 Å². The molecule has 168 valence electrons. The molecule has 10 heteroatoms. The normalized spacial score (nSPS) is 11.5. The Morgan fingerprint density at radius 3 is 2.75 bits per heavy atom. The molecule has 0 unspecified atom stereocenters. The number of hydrogen-bond donors (Lipinski definition) is 0. The van der Waals surface area contributed by atoms with E-state index >= 15 is 0 Å². The Kier molecular flexibility index (Phi) is 7.17. The first kappa shape index (κ1) is 22.8. The van der Waals surface area contributed by atoms with Gasteiger partial charge in [-0.05, 0) is 31.9 Å². The van der Waals surface area contributed by atoms with Gasteiger partial charge >= 0.3 is 0 Å². The van der Waals surface area contributed by atoms with Crippen molar-refractivity contribution in [3.8, 4) is 5.75 Å². The van der Waals surface area contributed by atoms with Crippen molar-refractivity contribution in [2.45, 2.75) is 57.2 Å². The summed E-state index contributed by atoms with van der Waals surface area (Å²) in [6, 6.07) is 9.23. The summed E-state index contributed by atoms with van der Waals surface area (Å²) in [5.41, 5.74) is 1.58. The van der Waals surface area contributed by atoms with Crippen molar-refractivity contribution in [1.29, 1.82) is 0 Å². The Hall–Kier alpha value is -2.36. The standard InChI is InChI=1S/C22H24ClN5O2S2/c1-4-16(5-2)28-19(11-30-18-9-7-6-8-17(18)23)25-26-22(28)32-13-15-10-20(29)27-14(3)12-31-21(27)24-15/h6-10,12,16H,4-5,11,13H2,1-3H3. The molecule has 0 spiro atoms. The van der Waals surface area contributed by atoms with Crippen LogP contribution in [0.15, 0.2) is 45.7 Å². The first-order valence-corrected chi connectivity index (χ1v) is 12.7. The van der Waals surface area contributed by atoms with Crippen LogP contribution in [0.5, 0.6) is 5.75 Å². The highest BCUT2D eigenvalue weighted by molar-refractivity contribution is 7.98. The van der Waals surface area contributed by atoms with Crippen LogP contribution in [0.4, 0.5) is 0 Å². The van der Waals surface area contributed by atoms with Crippen molar-refractivity contribution in [2.24, 2.45) is 0 Å². The molecule has 3 heterocycles. The van der Waals surface area contributed by atoms with Crippen LogP contribution in [0.3, 0.4) is 0 Å². The molecule has 1 aromatic carbocycles. The van der Waals surface area contributed by atoms with Gasteiger partial charge in [0.25, 0.3) is 5.56 Å². The highest BCUT2D eigenvalue weighted by atomic mass is 35.5. The van der Waals surface area contributed by atoms with Gasteiger partial charge in [0.1, 0.15) is 12.4 Å². The summed E-state index contributed by atoms with van der Waals surface area (Å²) in [7, 11) is 0. The zero-order valence-electron chi connectivity index (χ0n) is 18.1. The SMILES string of the molecule is CCC(CC)n1c(COc2ccccc2Cl)nnc1SCc1cc(=O)n2c(C)csc2n1. The Labute approximate surface area is 199 Å².